The van der Waals surface area contributed by atoms with Crippen LogP contribution in [-0.4, -0.2) is 63.1 Å². The highest BCUT2D eigenvalue weighted by molar-refractivity contribution is 6.08. The zero-order chi connectivity index (χ0) is 18.7. The van der Waals surface area contributed by atoms with Crippen molar-refractivity contribution in [3.63, 3.8) is 0 Å². The van der Waals surface area contributed by atoms with Gasteiger partial charge in [0.2, 0.25) is 0 Å². The Labute approximate surface area is 147 Å². The van der Waals surface area contributed by atoms with E-state index in [9.17, 15) is 14.7 Å². The number of aliphatic hydroxyl groups excluding tert-OH is 1. The van der Waals surface area contributed by atoms with E-state index in [2.05, 4.69) is 0 Å². The number of ether oxygens (including phenoxy) is 2. The van der Waals surface area contributed by atoms with Crippen molar-refractivity contribution < 1.29 is 29.1 Å². The molecule has 1 amide bonds. The molecule has 2 rings (SSSR count). The third-order valence-electron chi connectivity index (χ3n) is 4.26. The fourth-order valence-corrected chi connectivity index (χ4v) is 2.96. The molecule has 0 spiro atoms. The standard InChI is InChI=1S/C18H24N2O5/c1-11(21)15-16(12-6-7-13(24-4)14(10-12)25-5)20(9-8-19(2)3)18(23)17(15)22/h6-7,10,16,22H,8-9H2,1-5H3/p+1/t16-/m1/s1. The number of carbonyl (C=O) groups excluding carboxylic acids is 2. The Morgan fingerprint density at radius 1 is 1.24 bits per heavy atom. The van der Waals surface area contributed by atoms with Crippen molar-refractivity contribution >= 4 is 11.7 Å². The van der Waals surface area contributed by atoms with E-state index in [-0.39, 0.29) is 11.4 Å². The average molecular weight is 349 g/mol. The minimum absolute atomic E-state index is 0.117. The lowest BCUT2D eigenvalue weighted by Gasteiger charge is -2.27. The number of likely N-dealkylation sites (N-methyl/N-ethyl adjacent to an activating group) is 1. The van der Waals surface area contributed by atoms with Crippen LogP contribution in [0.2, 0.25) is 0 Å². The van der Waals surface area contributed by atoms with Crippen LogP contribution in [0.25, 0.3) is 0 Å². The van der Waals surface area contributed by atoms with Crippen molar-refractivity contribution in [2.75, 3.05) is 41.4 Å². The predicted molar refractivity (Wildman–Crippen MR) is 92.0 cm³/mol. The van der Waals surface area contributed by atoms with Crippen molar-refractivity contribution in [1.82, 2.24) is 4.90 Å². The first kappa shape index (κ1) is 18.8. The van der Waals surface area contributed by atoms with Gasteiger partial charge >= 0.3 is 0 Å². The molecule has 7 nitrogen and oxygen atoms in total. The summed E-state index contributed by atoms with van der Waals surface area (Å²) in [5.74, 6) is -0.269. The third kappa shape index (κ3) is 3.61. The number of quaternary nitrogens is 1. The van der Waals surface area contributed by atoms with Gasteiger partial charge in [-0.05, 0) is 24.6 Å². The molecule has 25 heavy (non-hydrogen) atoms. The second-order valence-corrected chi connectivity index (χ2v) is 6.29. The van der Waals surface area contributed by atoms with Crippen LogP contribution in [0.15, 0.2) is 29.5 Å². The molecule has 0 fully saturated rings. The number of rotatable bonds is 7. The summed E-state index contributed by atoms with van der Waals surface area (Å²) in [5.41, 5.74) is 0.806. The van der Waals surface area contributed by atoms with Crippen molar-refractivity contribution in [3.8, 4) is 11.5 Å². The normalized spacial score (nSPS) is 17.4. The number of hydrogen-bond donors (Lipinski definition) is 2. The van der Waals surface area contributed by atoms with E-state index in [1.165, 1.54) is 26.0 Å². The predicted octanol–water partition coefficient (Wildman–Crippen LogP) is 0.133. The largest absolute Gasteiger partial charge is 0.503 e. The number of amides is 1. The number of nitrogens with one attached hydrogen (secondary N) is 1. The van der Waals surface area contributed by atoms with Crippen LogP contribution in [-0.2, 0) is 9.59 Å². The van der Waals surface area contributed by atoms with Crippen LogP contribution >= 0.6 is 0 Å². The summed E-state index contributed by atoms with van der Waals surface area (Å²) in [7, 11) is 7.01. The van der Waals surface area contributed by atoms with Gasteiger partial charge < -0.3 is 24.4 Å². The van der Waals surface area contributed by atoms with Gasteiger partial charge in [0.25, 0.3) is 5.91 Å². The van der Waals surface area contributed by atoms with E-state index < -0.39 is 17.7 Å². The van der Waals surface area contributed by atoms with Crippen LogP contribution in [0, 0.1) is 0 Å². The Balaban J connectivity index is 2.51. The topological polar surface area (TPSA) is 80.5 Å². The number of methoxy groups -OCH3 is 2. The highest BCUT2D eigenvalue weighted by atomic mass is 16.5. The minimum atomic E-state index is -0.635. The van der Waals surface area contributed by atoms with Gasteiger partial charge in [0.05, 0.1) is 53.0 Å². The van der Waals surface area contributed by atoms with Gasteiger partial charge in [0, 0.05) is 0 Å². The number of carbonyl (C=O) groups is 2. The summed E-state index contributed by atoms with van der Waals surface area (Å²) in [6.45, 7) is 2.46. The molecule has 1 heterocycles. The highest BCUT2D eigenvalue weighted by Crippen LogP contribution is 2.40. The Morgan fingerprint density at radius 3 is 2.40 bits per heavy atom. The molecule has 0 saturated heterocycles. The van der Waals surface area contributed by atoms with E-state index in [1.807, 2.05) is 14.1 Å². The van der Waals surface area contributed by atoms with Gasteiger partial charge in [-0.1, -0.05) is 6.07 Å². The van der Waals surface area contributed by atoms with Crippen molar-refractivity contribution in [3.05, 3.63) is 35.1 Å². The molecule has 0 aliphatic carbocycles. The molecule has 0 saturated carbocycles. The first-order valence-electron chi connectivity index (χ1n) is 8.07. The van der Waals surface area contributed by atoms with E-state index in [1.54, 1.807) is 18.2 Å². The lowest BCUT2D eigenvalue weighted by molar-refractivity contribution is -0.857. The quantitative estimate of drug-likeness (QED) is 0.732. The number of hydrogen-bond acceptors (Lipinski definition) is 5. The Morgan fingerprint density at radius 2 is 1.88 bits per heavy atom. The van der Waals surface area contributed by atoms with E-state index in [4.69, 9.17) is 9.47 Å². The van der Waals surface area contributed by atoms with E-state index in [0.717, 1.165) is 4.90 Å². The fraction of sp³-hybridized carbons (Fsp3) is 0.444. The van der Waals surface area contributed by atoms with Gasteiger partial charge in [-0.3, -0.25) is 9.59 Å². The molecule has 2 N–H and O–H groups in total. The second kappa shape index (κ2) is 7.57. The SMILES string of the molecule is COc1ccc([C@@H]2C(C(C)=O)=C(O)C(=O)N2CC[NH+](C)C)cc1OC. The maximum absolute atomic E-state index is 12.5. The molecule has 1 aromatic carbocycles. The number of benzene rings is 1. The Bertz CT molecular complexity index is 711. The molecule has 0 aromatic heterocycles. The number of Topliss-reactive ketones (excluding diaryl/α,β-unsaturated/α-hetero) is 1. The summed E-state index contributed by atoms with van der Waals surface area (Å²) in [4.78, 5) is 27.3. The van der Waals surface area contributed by atoms with Crippen LogP contribution in [0.1, 0.15) is 18.5 Å². The molecule has 1 atom stereocenters. The summed E-state index contributed by atoms with van der Waals surface area (Å²) in [6.07, 6.45) is 0. The van der Waals surface area contributed by atoms with Gasteiger partial charge in [-0.25, -0.2) is 0 Å². The summed E-state index contributed by atoms with van der Waals surface area (Å²) >= 11 is 0. The zero-order valence-corrected chi connectivity index (χ0v) is 15.3. The summed E-state index contributed by atoms with van der Waals surface area (Å²) in [6, 6.07) is 4.59. The van der Waals surface area contributed by atoms with Gasteiger partial charge in [0.15, 0.2) is 23.0 Å². The van der Waals surface area contributed by atoms with Crippen molar-refractivity contribution in [2.45, 2.75) is 13.0 Å². The van der Waals surface area contributed by atoms with E-state index in [0.29, 0.717) is 30.2 Å². The maximum atomic E-state index is 12.5. The van der Waals surface area contributed by atoms with Crippen molar-refractivity contribution in [2.24, 2.45) is 0 Å². The number of ketones is 1. The first-order valence-corrected chi connectivity index (χ1v) is 8.07. The Hall–Kier alpha value is -2.54. The zero-order valence-electron chi connectivity index (χ0n) is 15.3. The number of nitrogens with zero attached hydrogens (tertiary/aromatic N) is 1. The minimum Gasteiger partial charge on any atom is -0.503 e. The maximum Gasteiger partial charge on any atom is 0.290 e. The lowest BCUT2D eigenvalue weighted by Crippen LogP contribution is -3.06. The molecular weight excluding hydrogens is 324 g/mol. The summed E-state index contributed by atoms with van der Waals surface area (Å²) in [5, 5.41) is 10.2. The van der Waals surface area contributed by atoms with Crippen molar-refractivity contribution in [1.29, 1.82) is 0 Å². The molecule has 0 bridgehead atoms. The first-order chi connectivity index (χ1) is 11.8. The number of aliphatic hydroxyl groups is 1. The van der Waals surface area contributed by atoms with Crippen LogP contribution in [0.3, 0.4) is 0 Å². The smallest absolute Gasteiger partial charge is 0.290 e. The highest BCUT2D eigenvalue weighted by Gasteiger charge is 2.42. The average Bonchev–Trinajstić information content (AvgIpc) is 2.83. The molecular formula is C18H25N2O5+. The summed E-state index contributed by atoms with van der Waals surface area (Å²) < 4.78 is 10.6. The molecule has 1 aliphatic rings. The molecule has 1 aliphatic heterocycles. The molecule has 1 aromatic rings. The van der Waals surface area contributed by atoms with Crippen LogP contribution in [0.5, 0.6) is 11.5 Å². The van der Waals surface area contributed by atoms with Crippen LogP contribution < -0.4 is 14.4 Å². The monoisotopic (exact) mass is 349 g/mol. The second-order valence-electron chi connectivity index (χ2n) is 6.29. The lowest BCUT2D eigenvalue weighted by atomic mass is 9.96. The fourth-order valence-electron chi connectivity index (χ4n) is 2.96. The van der Waals surface area contributed by atoms with E-state index >= 15 is 0 Å². The van der Waals surface area contributed by atoms with Gasteiger partial charge in [-0.15, -0.1) is 0 Å². The molecule has 136 valence electrons. The van der Waals surface area contributed by atoms with Crippen LogP contribution in [0.4, 0.5) is 0 Å². The van der Waals surface area contributed by atoms with Gasteiger partial charge in [0.1, 0.15) is 0 Å². The third-order valence-corrected chi connectivity index (χ3v) is 4.26. The molecule has 0 radical (unpaired) electrons. The molecule has 0 unspecified atom stereocenters. The molecule has 7 heteroatoms. The Kier molecular flexibility index (Phi) is 5.69. The van der Waals surface area contributed by atoms with Gasteiger partial charge in [-0.2, -0.15) is 0 Å².